The summed E-state index contributed by atoms with van der Waals surface area (Å²) in [6.45, 7) is -2.02. The first-order chi connectivity index (χ1) is 8.88. The number of amides is 2. The molecule has 0 saturated carbocycles. The van der Waals surface area contributed by atoms with Gasteiger partial charge in [-0.1, -0.05) is 18.2 Å². The highest BCUT2D eigenvalue weighted by Gasteiger charge is 2.52. The van der Waals surface area contributed by atoms with Crippen LogP contribution in [0.4, 0.5) is 5.69 Å². The number of carbonyl (C=O) groups excluding carboxylic acids is 2. The Bertz CT molecular complexity index is 590. The van der Waals surface area contributed by atoms with E-state index in [2.05, 4.69) is 10.6 Å². The van der Waals surface area contributed by atoms with Crippen molar-refractivity contribution in [2.24, 2.45) is 5.73 Å². The summed E-state index contributed by atoms with van der Waals surface area (Å²) >= 11 is 0. The molecule has 1 aromatic carbocycles. The second-order valence-corrected chi connectivity index (χ2v) is 4.33. The Morgan fingerprint density at radius 2 is 2.29 bits per heavy atom. The third kappa shape index (κ3) is 1.29. The molecule has 2 unspecified atom stereocenters. The maximum absolute atomic E-state index is 12.3. The minimum Gasteiger partial charge on any atom is -0.368 e. The van der Waals surface area contributed by atoms with Gasteiger partial charge >= 0.3 is 0 Å². The molecular formula is C12H13N3O2. The van der Waals surface area contributed by atoms with Crippen molar-refractivity contribution < 1.29 is 12.3 Å². The van der Waals surface area contributed by atoms with Gasteiger partial charge in [-0.3, -0.25) is 9.59 Å². The number of anilines is 1. The lowest BCUT2D eigenvalue weighted by Gasteiger charge is -2.19. The first-order valence-electron chi connectivity index (χ1n) is 6.36. The van der Waals surface area contributed by atoms with Crippen molar-refractivity contribution in [1.29, 1.82) is 0 Å². The molecule has 1 saturated heterocycles. The largest absolute Gasteiger partial charge is 0.368 e. The molecule has 0 aromatic heterocycles. The first kappa shape index (κ1) is 8.25. The lowest BCUT2D eigenvalue weighted by molar-refractivity contribution is -0.120. The number of hydrogen-bond donors (Lipinski definition) is 3. The molecule has 2 heterocycles. The van der Waals surface area contributed by atoms with Crippen molar-refractivity contribution in [1.82, 2.24) is 5.32 Å². The normalized spacial score (nSPS) is 35.1. The van der Waals surface area contributed by atoms with Crippen molar-refractivity contribution in [3.05, 3.63) is 29.8 Å². The second-order valence-electron chi connectivity index (χ2n) is 4.33. The van der Waals surface area contributed by atoms with Crippen LogP contribution in [-0.2, 0) is 15.0 Å². The third-order valence-corrected chi connectivity index (χ3v) is 3.34. The Morgan fingerprint density at radius 1 is 1.53 bits per heavy atom. The molecule has 1 spiro atoms. The zero-order valence-electron chi connectivity index (χ0n) is 11.0. The summed E-state index contributed by atoms with van der Waals surface area (Å²) in [4.78, 5) is 23.6. The van der Waals surface area contributed by atoms with Gasteiger partial charge in [-0.05, 0) is 18.1 Å². The second kappa shape index (κ2) is 3.30. The van der Waals surface area contributed by atoms with E-state index in [4.69, 9.17) is 8.48 Å². The fourth-order valence-electron chi connectivity index (χ4n) is 2.43. The number of benzene rings is 1. The third-order valence-electron chi connectivity index (χ3n) is 3.34. The Kier molecular flexibility index (Phi) is 1.60. The van der Waals surface area contributed by atoms with Gasteiger partial charge in [0.1, 0.15) is 0 Å². The van der Waals surface area contributed by atoms with Gasteiger partial charge in [-0.15, -0.1) is 0 Å². The number of fused-ring (bicyclic) bond motifs is 2. The molecule has 2 aliphatic heterocycles. The van der Waals surface area contributed by atoms with Gasteiger partial charge in [0.2, 0.25) is 11.8 Å². The van der Waals surface area contributed by atoms with E-state index in [1.54, 1.807) is 24.3 Å². The summed E-state index contributed by atoms with van der Waals surface area (Å²) in [5, 5.41) is 5.21. The van der Waals surface area contributed by atoms with E-state index in [0.717, 1.165) is 0 Å². The van der Waals surface area contributed by atoms with Crippen LogP contribution in [0, 0.1) is 0 Å². The number of hydrogen-bond acceptors (Lipinski definition) is 3. The molecule has 3 rings (SSSR count). The van der Waals surface area contributed by atoms with Gasteiger partial charge < -0.3 is 16.4 Å². The highest BCUT2D eigenvalue weighted by molar-refractivity contribution is 6.07. The van der Waals surface area contributed by atoms with Gasteiger partial charge in [0.05, 0.1) is 11.5 Å². The zero-order valence-corrected chi connectivity index (χ0v) is 8.99. The Hall–Kier alpha value is -1.88. The van der Waals surface area contributed by atoms with Crippen LogP contribution >= 0.6 is 0 Å². The predicted octanol–water partition coefficient (Wildman–Crippen LogP) is -0.276. The summed E-state index contributed by atoms with van der Waals surface area (Å²) in [6, 6.07) is 6.08. The van der Waals surface area contributed by atoms with Gasteiger partial charge in [-0.25, -0.2) is 0 Å². The van der Waals surface area contributed by atoms with Crippen LogP contribution in [0.1, 0.15) is 14.7 Å². The molecule has 88 valence electrons. The highest BCUT2D eigenvalue weighted by atomic mass is 16.2. The summed E-state index contributed by atoms with van der Waals surface area (Å²) < 4.78 is 16.2. The van der Waals surface area contributed by atoms with Crippen LogP contribution in [0.25, 0.3) is 0 Å². The highest BCUT2D eigenvalue weighted by Crippen LogP contribution is 2.43. The minimum absolute atomic E-state index is 0.0260. The van der Waals surface area contributed by atoms with Crippen LogP contribution in [0.5, 0.6) is 0 Å². The lowest BCUT2D eigenvalue weighted by atomic mass is 9.79. The van der Waals surface area contributed by atoms with E-state index < -0.39 is 29.8 Å². The van der Waals surface area contributed by atoms with Crippen molar-refractivity contribution in [2.75, 3.05) is 11.8 Å². The molecule has 2 amide bonds. The number of primary amides is 1. The molecule has 17 heavy (non-hydrogen) atoms. The molecule has 5 heteroatoms. The van der Waals surface area contributed by atoms with Crippen molar-refractivity contribution in [3.8, 4) is 0 Å². The topological polar surface area (TPSA) is 84.2 Å². The van der Waals surface area contributed by atoms with Crippen LogP contribution in [0.15, 0.2) is 24.3 Å². The average Bonchev–Trinajstić information content (AvgIpc) is 2.78. The fourth-order valence-corrected chi connectivity index (χ4v) is 2.43. The van der Waals surface area contributed by atoms with Crippen LogP contribution < -0.4 is 16.4 Å². The molecule has 2 aliphatic rings. The minimum atomic E-state index is -2.02. The predicted molar refractivity (Wildman–Crippen MR) is 62.4 cm³/mol. The van der Waals surface area contributed by atoms with Crippen LogP contribution in [0.3, 0.4) is 0 Å². The van der Waals surface area contributed by atoms with E-state index in [9.17, 15) is 9.59 Å². The molecule has 4 N–H and O–H groups in total. The standard InChI is InChI=1S/C12H13N3O2/c13-10(16)9-5-12(6-14-9)7-3-1-2-4-8(7)15-11(12)17/h1-4,9,14H,5-6H2,(H2,13,16)(H,15,17)/i6D2. The molecule has 1 aromatic rings. The van der Waals surface area contributed by atoms with Gasteiger partial charge in [-0.2, -0.15) is 0 Å². The quantitative estimate of drug-likeness (QED) is 0.624. The molecule has 1 fully saturated rings. The smallest absolute Gasteiger partial charge is 0.236 e. The Labute approximate surface area is 101 Å². The Morgan fingerprint density at radius 3 is 3.00 bits per heavy atom. The molecule has 0 aliphatic carbocycles. The van der Waals surface area contributed by atoms with E-state index >= 15 is 0 Å². The van der Waals surface area contributed by atoms with Crippen LogP contribution in [-0.4, -0.2) is 24.4 Å². The number of para-hydroxylation sites is 1. The summed E-state index contributed by atoms with van der Waals surface area (Å²) in [7, 11) is 0. The molecule has 0 bridgehead atoms. The maximum Gasteiger partial charge on any atom is 0.236 e. The van der Waals surface area contributed by atoms with Gasteiger partial charge in [0, 0.05) is 14.9 Å². The van der Waals surface area contributed by atoms with E-state index in [1.807, 2.05) is 0 Å². The van der Waals surface area contributed by atoms with Crippen LogP contribution in [0.2, 0.25) is 0 Å². The van der Waals surface area contributed by atoms with E-state index in [0.29, 0.717) is 11.3 Å². The summed E-state index contributed by atoms with van der Waals surface area (Å²) in [6.07, 6.45) is 0.0260. The maximum atomic E-state index is 12.3. The monoisotopic (exact) mass is 233 g/mol. The SMILES string of the molecule is [2H]C1([2H])NC(C(N)=O)CC12C(=O)Nc1ccccc12. The fraction of sp³-hybridized carbons (Fsp3) is 0.333. The number of rotatable bonds is 1. The number of nitrogens with two attached hydrogens (primary N) is 1. The average molecular weight is 233 g/mol. The van der Waals surface area contributed by atoms with Crippen molar-refractivity contribution in [3.63, 3.8) is 0 Å². The lowest BCUT2D eigenvalue weighted by Crippen LogP contribution is -2.36. The molecule has 5 nitrogen and oxygen atoms in total. The molecule has 0 radical (unpaired) electrons. The van der Waals surface area contributed by atoms with Gasteiger partial charge in [0.15, 0.2) is 0 Å². The number of carbonyl (C=O) groups is 2. The summed E-state index contributed by atoms with van der Waals surface area (Å²) in [5.41, 5.74) is 4.99. The Balaban J connectivity index is 2.18. The van der Waals surface area contributed by atoms with Gasteiger partial charge in [0.25, 0.3) is 0 Å². The zero-order chi connectivity index (χ0) is 13.8. The van der Waals surface area contributed by atoms with E-state index in [-0.39, 0.29) is 6.42 Å². The number of nitrogens with one attached hydrogen (secondary N) is 2. The van der Waals surface area contributed by atoms with Crippen molar-refractivity contribution >= 4 is 17.5 Å². The molecule has 2 atom stereocenters. The molecular weight excluding hydrogens is 218 g/mol. The van der Waals surface area contributed by atoms with Crippen molar-refractivity contribution in [2.45, 2.75) is 17.9 Å². The summed E-state index contributed by atoms with van der Waals surface area (Å²) in [5.74, 6) is -1.09. The van der Waals surface area contributed by atoms with E-state index in [1.165, 1.54) is 0 Å². The first-order valence-corrected chi connectivity index (χ1v) is 5.36.